The molecule has 0 saturated carbocycles. The molecule has 7 nitrogen and oxygen atoms in total. The Hall–Kier alpha value is -2.97. The molecule has 0 aliphatic heterocycles. The third-order valence-electron chi connectivity index (χ3n) is 4.37. The molecule has 0 N–H and O–H groups in total. The van der Waals surface area contributed by atoms with Crippen LogP contribution in [0.4, 0.5) is 0 Å². The van der Waals surface area contributed by atoms with Crippen LogP contribution in [0.2, 0.25) is 0 Å². The molecule has 1 heterocycles. The van der Waals surface area contributed by atoms with Crippen molar-refractivity contribution in [2.24, 2.45) is 4.99 Å². The molecule has 3 aromatic rings. The summed E-state index contributed by atoms with van der Waals surface area (Å²) in [4.78, 5) is 29.7. The van der Waals surface area contributed by atoms with E-state index >= 15 is 0 Å². The van der Waals surface area contributed by atoms with E-state index in [2.05, 4.69) is 4.99 Å². The number of amides is 1. The van der Waals surface area contributed by atoms with Crippen LogP contribution in [0.5, 0.6) is 5.75 Å². The number of rotatable bonds is 8. The SMILES string of the molecule is CCOCCn1c(=NC(=O)c2cccc(OC)c2)sc2cc(C(=O)OCC)ccc21. The van der Waals surface area contributed by atoms with Crippen molar-refractivity contribution < 1.29 is 23.8 Å². The Bertz CT molecular complexity index is 1120. The molecule has 1 amide bonds. The van der Waals surface area contributed by atoms with Gasteiger partial charge in [0, 0.05) is 18.7 Å². The van der Waals surface area contributed by atoms with Crippen LogP contribution in [-0.4, -0.2) is 43.4 Å². The highest BCUT2D eigenvalue weighted by atomic mass is 32.1. The van der Waals surface area contributed by atoms with Gasteiger partial charge in [-0.3, -0.25) is 4.79 Å². The number of hydrogen-bond donors (Lipinski definition) is 0. The van der Waals surface area contributed by atoms with E-state index < -0.39 is 0 Å². The first-order valence-electron chi connectivity index (χ1n) is 9.68. The molecular weight excluding hydrogens is 404 g/mol. The summed E-state index contributed by atoms with van der Waals surface area (Å²) >= 11 is 1.35. The van der Waals surface area contributed by atoms with Crippen LogP contribution in [-0.2, 0) is 16.0 Å². The zero-order valence-corrected chi connectivity index (χ0v) is 18.0. The molecule has 0 aliphatic rings. The Morgan fingerprint density at radius 2 is 1.90 bits per heavy atom. The van der Waals surface area contributed by atoms with Crippen molar-refractivity contribution in [1.82, 2.24) is 4.57 Å². The number of ether oxygens (including phenoxy) is 3. The number of thiazole rings is 1. The molecule has 158 valence electrons. The quantitative estimate of drug-likeness (QED) is 0.404. The van der Waals surface area contributed by atoms with Gasteiger partial charge in [0.05, 0.1) is 36.1 Å². The second-order valence-corrected chi connectivity index (χ2v) is 7.29. The fourth-order valence-electron chi connectivity index (χ4n) is 2.92. The summed E-state index contributed by atoms with van der Waals surface area (Å²) in [7, 11) is 1.55. The smallest absolute Gasteiger partial charge is 0.338 e. The van der Waals surface area contributed by atoms with Crippen LogP contribution < -0.4 is 9.54 Å². The van der Waals surface area contributed by atoms with Crippen molar-refractivity contribution in [3.8, 4) is 5.75 Å². The van der Waals surface area contributed by atoms with Crippen molar-refractivity contribution >= 4 is 33.4 Å². The molecule has 8 heteroatoms. The van der Waals surface area contributed by atoms with Crippen molar-refractivity contribution in [2.45, 2.75) is 20.4 Å². The second kappa shape index (κ2) is 10.2. The number of nitrogens with zero attached hydrogens (tertiary/aromatic N) is 2. The van der Waals surface area contributed by atoms with E-state index in [1.165, 1.54) is 11.3 Å². The van der Waals surface area contributed by atoms with Gasteiger partial charge < -0.3 is 18.8 Å². The van der Waals surface area contributed by atoms with Crippen molar-refractivity contribution in [1.29, 1.82) is 0 Å². The molecule has 1 aromatic heterocycles. The maximum atomic E-state index is 12.8. The minimum Gasteiger partial charge on any atom is -0.497 e. The molecule has 0 unspecified atom stereocenters. The summed E-state index contributed by atoms with van der Waals surface area (Å²) in [5.41, 5.74) is 1.79. The summed E-state index contributed by atoms with van der Waals surface area (Å²) in [6.07, 6.45) is 0. The third kappa shape index (κ3) is 4.95. The average molecular weight is 429 g/mol. The Morgan fingerprint density at radius 1 is 1.07 bits per heavy atom. The standard InChI is InChI=1S/C22H24N2O5S/c1-4-28-12-11-24-18-10-9-16(21(26)29-5-2)14-19(18)30-22(24)23-20(25)15-7-6-8-17(13-15)27-3/h6-10,13-14H,4-5,11-12H2,1-3H3. The van der Waals surface area contributed by atoms with Crippen molar-refractivity contribution in [2.75, 3.05) is 26.9 Å². The summed E-state index contributed by atoms with van der Waals surface area (Å²) < 4.78 is 18.5. The van der Waals surface area contributed by atoms with Gasteiger partial charge in [-0.25, -0.2) is 4.79 Å². The van der Waals surface area contributed by atoms with E-state index in [0.29, 0.717) is 48.0 Å². The van der Waals surface area contributed by atoms with Gasteiger partial charge in [0.25, 0.3) is 5.91 Å². The first-order chi connectivity index (χ1) is 14.6. The van der Waals surface area contributed by atoms with E-state index in [1.807, 2.05) is 17.6 Å². The maximum Gasteiger partial charge on any atom is 0.338 e. The van der Waals surface area contributed by atoms with Crippen LogP contribution in [0, 0.1) is 0 Å². The van der Waals surface area contributed by atoms with E-state index in [1.54, 1.807) is 50.4 Å². The summed E-state index contributed by atoms with van der Waals surface area (Å²) in [6.45, 7) is 5.64. The van der Waals surface area contributed by atoms with Gasteiger partial charge in [0.1, 0.15) is 5.75 Å². The third-order valence-corrected chi connectivity index (χ3v) is 5.41. The maximum absolute atomic E-state index is 12.8. The Morgan fingerprint density at radius 3 is 2.63 bits per heavy atom. The molecule has 0 saturated heterocycles. The monoisotopic (exact) mass is 428 g/mol. The Balaban J connectivity index is 2.05. The van der Waals surface area contributed by atoms with Gasteiger partial charge in [-0.15, -0.1) is 0 Å². The van der Waals surface area contributed by atoms with Gasteiger partial charge in [-0.05, 0) is 50.2 Å². The van der Waals surface area contributed by atoms with E-state index in [4.69, 9.17) is 14.2 Å². The predicted octanol–water partition coefficient (Wildman–Crippen LogP) is 3.67. The predicted molar refractivity (Wildman–Crippen MR) is 115 cm³/mol. The van der Waals surface area contributed by atoms with Crippen LogP contribution in [0.3, 0.4) is 0 Å². The van der Waals surface area contributed by atoms with E-state index in [9.17, 15) is 9.59 Å². The largest absolute Gasteiger partial charge is 0.497 e. The Kier molecular flexibility index (Phi) is 7.37. The molecule has 0 atom stereocenters. The summed E-state index contributed by atoms with van der Waals surface area (Å²) in [5, 5.41) is 0. The van der Waals surface area contributed by atoms with Gasteiger partial charge in [-0.1, -0.05) is 17.4 Å². The zero-order valence-electron chi connectivity index (χ0n) is 17.2. The molecule has 0 bridgehead atoms. The molecule has 0 spiro atoms. The van der Waals surface area contributed by atoms with Gasteiger partial charge in [-0.2, -0.15) is 4.99 Å². The highest BCUT2D eigenvalue weighted by molar-refractivity contribution is 7.16. The number of fused-ring (bicyclic) bond motifs is 1. The van der Waals surface area contributed by atoms with Gasteiger partial charge in [0.15, 0.2) is 4.80 Å². The number of methoxy groups -OCH3 is 1. The van der Waals surface area contributed by atoms with Crippen LogP contribution >= 0.6 is 11.3 Å². The molecule has 0 aliphatic carbocycles. The van der Waals surface area contributed by atoms with Gasteiger partial charge >= 0.3 is 5.97 Å². The van der Waals surface area contributed by atoms with E-state index in [-0.39, 0.29) is 11.9 Å². The number of benzene rings is 2. The lowest BCUT2D eigenvalue weighted by molar-refractivity contribution is 0.0526. The minimum atomic E-state index is -0.375. The first kappa shape index (κ1) is 21.7. The number of aromatic nitrogens is 1. The summed E-state index contributed by atoms with van der Waals surface area (Å²) in [5.74, 6) is -0.147. The highest BCUT2D eigenvalue weighted by Crippen LogP contribution is 2.20. The minimum absolute atomic E-state index is 0.311. The van der Waals surface area contributed by atoms with Crippen LogP contribution in [0.15, 0.2) is 47.5 Å². The lowest BCUT2D eigenvalue weighted by atomic mass is 10.2. The highest BCUT2D eigenvalue weighted by Gasteiger charge is 2.13. The van der Waals surface area contributed by atoms with E-state index in [0.717, 1.165) is 10.2 Å². The molecular formula is C22H24N2O5S. The second-order valence-electron chi connectivity index (χ2n) is 6.29. The molecule has 3 rings (SSSR count). The number of hydrogen-bond acceptors (Lipinski definition) is 6. The molecule has 0 radical (unpaired) electrons. The summed E-state index contributed by atoms with van der Waals surface area (Å²) in [6, 6.07) is 12.2. The zero-order chi connectivity index (χ0) is 21.5. The fraction of sp³-hybridized carbons (Fsp3) is 0.318. The normalized spacial score (nSPS) is 11.6. The van der Waals surface area contributed by atoms with Crippen LogP contribution in [0.25, 0.3) is 10.2 Å². The van der Waals surface area contributed by atoms with Crippen LogP contribution in [0.1, 0.15) is 34.6 Å². The fourth-order valence-corrected chi connectivity index (χ4v) is 4.02. The van der Waals surface area contributed by atoms with Crippen molar-refractivity contribution in [3.05, 3.63) is 58.4 Å². The first-order valence-corrected chi connectivity index (χ1v) is 10.5. The lowest BCUT2D eigenvalue weighted by Crippen LogP contribution is -2.19. The number of carbonyl (C=O) groups excluding carboxylic acids is 2. The molecule has 0 fully saturated rings. The Labute approximate surface area is 178 Å². The molecule has 2 aromatic carbocycles. The number of carbonyl (C=O) groups is 2. The van der Waals surface area contributed by atoms with Crippen molar-refractivity contribution in [3.63, 3.8) is 0 Å². The topological polar surface area (TPSA) is 79.1 Å². The lowest BCUT2D eigenvalue weighted by Gasteiger charge is -2.06. The average Bonchev–Trinajstić information content (AvgIpc) is 3.10. The number of esters is 1. The van der Waals surface area contributed by atoms with Gasteiger partial charge in [0.2, 0.25) is 0 Å². The molecule has 30 heavy (non-hydrogen) atoms.